The van der Waals surface area contributed by atoms with Gasteiger partial charge in [-0.3, -0.25) is 4.79 Å². The minimum absolute atomic E-state index is 0.0325. The SMILES string of the molecule is C=CN1CCC(C=Cc2cccs2)C1=O. The van der Waals surface area contributed by atoms with E-state index < -0.39 is 0 Å². The van der Waals surface area contributed by atoms with Crippen molar-refractivity contribution >= 4 is 23.3 Å². The highest BCUT2D eigenvalue weighted by Gasteiger charge is 2.27. The molecule has 78 valence electrons. The van der Waals surface area contributed by atoms with Gasteiger partial charge in [0.15, 0.2) is 0 Å². The third-order valence-electron chi connectivity index (χ3n) is 2.54. The van der Waals surface area contributed by atoms with Gasteiger partial charge in [0, 0.05) is 11.4 Å². The van der Waals surface area contributed by atoms with Crippen LogP contribution >= 0.6 is 11.3 Å². The highest BCUT2D eigenvalue weighted by atomic mass is 32.1. The Labute approximate surface area is 93.5 Å². The predicted molar refractivity (Wildman–Crippen MR) is 63.4 cm³/mol. The Bertz CT molecular complexity index is 380. The Balaban J connectivity index is 2.02. The molecule has 1 aromatic rings. The van der Waals surface area contributed by atoms with Crippen molar-refractivity contribution in [2.75, 3.05) is 6.54 Å². The number of amides is 1. The van der Waals surface area contributed by atoms with Crippen molar-refractivity contribution in [3.63, 3.8) is 0 Å². The fourth-order valence-corrected chi connectivity index (χ4v) is 2.31. The van der Waals surface area contributed by atoms with Gasteiger partial charge in [-0.05, 0) is 30.1 Å². The van der Waals surface area contributed by atoms with E-state index in [1.54, 1.807) is 22.4 Å². The summed E-state index contributed by atoms with van der Waals surface area (Å²) in [5, 5.41) is 2.03. The van der Waals surface area contributed by atoms with E-state index in [0.717, 1.165) is 13.0 Å². The van der Waals surface area contributed by atoms with Gasteiger partial charge in [-0.25, -0.2) is 0 Å². The van der Waals surface area contributed by atoms with E-state index in [9.17, 15) is 4.79 Å². The number of thiophene rings is 1. The second kappa shape index (κ2) is 4.45. The number of nitrogens with zero attached hydrogens (tertiary/aromatic N) is 1. The zero-order valence-electron chi connectivity index (χ0n) is 8.43. The lowest BCUT2D eigenvalue weighted by molar-refractivity contribution is -0.127. The van der Waals surface area contributed by atoms with Gasteiger partial charge in [0.2, 0.25) is 5.91 Å². The molecule has 1 unspecified atom stereocenters. The summed E-state index contributed by atoms with van der Waals surface area (Å²) >= 11 is 1.68. The molecule has 0 aliphatic carbocycles. The molecule has 0 N–H and O–H groups in total. The first-order chi connectivity index (χ1) is 7.31. The van der Waals surface area contributed by atoms with Crippen LogP contribution in [0.25, 0.3) is 6.08 Å². The zero-order valence-corrected chi connectivity index (χ0v) is 9.24. The van der Waals surface area contributed by atoms with E-state index in [-0.39, 0.29) is 11.8 Å². The number of carbonyl (C=O) groups excluding carboxylic acids is 1. The third kappa shape index (κ3) is 2.18. The largest absolute Gasteiger partial charge is 0.319 e. The maximum Gasteiger partial charge on any atom is 0.233 e. The fraction of sp³-hybridized carbons (Fsp3) is 0.250. The van der Waals surface area contributed by atoms with Crippen LogP contribution in [0.4, 0.5) is 0 Å². The lowest BCUT2D eigenvalue weighted by atomic mass is 10.1. The molecule has 2 nitrogen and oxygen atoms in total. The molecular formula is C12H13NOS. The summed E-state index contributed by atoms with van der Waals surface area (Å²) in [6.45, 7) is 4.41. The van der Waals surface area contributed by atoms with Crippen molar-refractivity contribution in [1.82, 2.24) is 4.90 Å². The minimum Gasteiger partial charge on any atom is -0.319 e. The summed E-state index contributed by atoms with van der Waals surface area (Å²) in [4.78, 5) is 14.6. The number of likely N-dealkylation sites (tertiary alicyclic amines) is 1. The smallest absolute Gasteiger partial charge is 0.233 e. The molecular weight excluding hydrogens is 206 g/mol. The van der Waals surface area contributed by atoms with Crippen molar-refractivity contribution in [3.8, 4) is 0 Å². The predicted octanol–water partition coefficient (Wildman–Crippen LogP) is 2.75. The molecule has 3 heteroatoms. The van der Waals surface area contributed by atoms with Crippen molar-refractivity contribution in [2.45, 2.75) is 6.42 Å². The average molecular weight is 219 g/mol. The summed E-state index contributed by atoms with van der Waals surface area (Å²) in [6, 6.07) is 4.06. The lowest BCUT2D eigenvalue weighted by Crippen LogP contribution is -2.20. The van der Waals surface area contributed by atoms with E-state index in [4.69, 9.17) is 0 Å². The van der Waals surface area contributed by atoms with E-state index in [2.05, 4.69) is 6.58 Å². The molecule has 2 rings (SSSR count). The molecule has 1 saturated heterocycles. The quantitative estimate of drug-likeness (QED) is 0.765. The minimum atomic E-state index is 0.0325. The first-order valence-corrected chi connectivity index (χ1v) is 5.84. The normalized spacial score (nSPS) is 21.5. The van der Waals surface area contributed by atoms with Crippen LogP contribution in [0.15, 0.2) is 36.4 Å². The Morgan fingerprint density at radius 1 is 1.60 bits per heavy atom. The highest BCUT2D eigenvalue weighted by molar-refractivity contribution is 7.10. The Morgan fingerprint density at radius 3 is 3.07 bits per heavy atom. The average Bonchev–Trinajstić information content (AvgIpc) is 2.85. The summed E-state index contributed by atoms with van der Waals surface area (Å²) in [6.07, 6.45) is 6.53. The van der Waals surface area contributed by atoms with Crippen LogP contribution in [-0.2, 0) is 4.79 Å². The molecule has 1 aliphatic heterocycles. The molecule has 1 aromatic heterocycles. The van der Waals surface area contributed by atoms with Crippen LogP contribution in [0.2, 0.25) is 0 Å². The number of hydrogen-bond donors (Lipinski definition) is 0. The molecule has 0 spiro atoms. The van der Waals surface area contributed by atoms with Crippen molar-refractivity contribution < 1.29 is 4.79 Å². The van der Waals surface area contributed by atoms with E-state index in [0.29, 0.717) is 0 Å². The summed E-state index contributed by atoms with van der Waals surface area (Å²) in [5.74, 6) is 0.197. The topological polar surface area (TPSA) is 20.3 Å². The molecule has 1 fully saturated rings. The van der Waals surface area contributed by atoms with Gasteiger partial charge in [-0.1, -0.05) is 18.7 Å². The molecule has 2 heterocycles. The van der Waals surface area contributed by atoms with Crippen molar-refractivity contribution in [1.29, 1.82) is 0 Å². The maximum absolute atomic E-state index is 11.7. The molecule has 0 aromatic carbocycles. The van der Waals surface area contributed by atoms with Crippen molar-refractivity contribution in [3.05, 3.63) is 41.2 Å². The van der Waals surface area contributed by atoms with Gasteiger partial charge in [0.05, 0.1) is 5.92 Å². The monoisotopic (exact) mass is 219 g/mol. The van der Waals surface area contributed by atoms with Gasteiger partial charge in [-0.2, -0.15) is 0 Å². The van der Waals surface area contributed by atoms with Crippen LogP contribution < -0.4 is 0 Å². The summed E-state index contributed by atoms with van der Waals surface area (Å²) in [5.41, 5.74) is 0. The molecule has 1 amide bonds. The Kier molecular flexibility index (Phi) is 3.02. The first kappa shape index (κ1) is 10.2. The van der Waals surface area contributed by atoms with Gasteiger partial charge >= 0.3 is 0 Å². The Morgan fingerprint density at radius 2 is 2.47 bits per heavy atom. The number of carbonyl (C=O) groups is 1. The van der Waals surface area contributed by atoms with Crippen LogP contribution in [0, 0.1) is 5.92 Å². The van der Waals surface area contributed by atoms with E-state index in [1.807, 2.05) is 29.7 Å². The lowest BCUT2D eigenvalue weighted by Gasteiger charge is -2.07. The van der Waals surface area contributed by atoms with Crippen LogP contribution in [0.5, 0.6) is 0 Å². The molecule has 0 saturated carbocycles. The molecule has 1 aliphatic rings. The molecule has 15 heavy (non-hydrogen) atoms. The van der Waals surface area contributed by atoms with Gasteiger partial charge in [0.25, 0.3) is 0 Å². The zero-order chi connectivity index (χ0) is 10.7. The van der Waals surface area contributed by atoms with E-state index >= 15 is 0 Å². The summed E-state index contributed by atoms with van der Waals surface area (Å²) in [7, 11) is 0. The van der Waals surface area contributed by atoms with E-state index in [1.165, 1.54) is 4.88 Å². The molecule has 0 radical (unpaired) electrons. The second-order valence-corrected chi connectivity index (χ2v) is 4.46. The highest BCUT2D eigenvalue weighted by Crippen LogP contribution is 2.21. The summed E-state index contributed by atoms with van der Waals surface area (Å²) < 4.78 is 0. The maximum atomic E-state index is 11.7. The number of rotatable bonds is 3. The molecule has 1 atom stereocenters. The Hall–Kier alpha value is -1.35. The second-order valence-electron chi connectivity index (χ2n) is 3.48. The standard InChI is InChI=1S/C12H13NOS/c1-2-13-8-7-10(12(13)14)5-6-11-4-3-9-15-11/h2-6,9-10H,1,7-8H2. The van der Waals surface area contributed by atoms with Crippen LogP contribution in [0.1, 0.15) is 11.3 Å². The van der Waals surface area contributed by atoms with Gasteiger partial charge in [0.1, 0.15) is 0 Å². The van der Waals surface area contributed by atoms with Crippen LogP contribution in [0.3, 0.4) is 0 Å². The van der Waals surface area contributed by atoms with Gasteiger partial charge < -0.3 is 4.90 Å². The van der Waals surface area contributed by atoms with Crippen LogP contribution in [-0.4, -0.2) is 17.4 Å². The first-order valence-electron chi connectivity index (χ1n) is 4.96. The molecule has 0 bridgehead atoms. The third-order valence-corrected chi connectivity index (χ3v) is 3.38. The number of hydrogen-bond acceptors (Lipinski definition) is 2. The van der Waals surface area contributed by atoms with Crippen molar-refractivity contribution in [2.24, 2.45) is 5.92 Å². The van der Waals surface area contributed by atoms with Gasteiger partial charge in [-0.15, -0.1) is 11.3 Å². The fourth-order valence-electron chi connectivity index (χ4n) is 1.68.